The highest BCUT2D eigenvalue weighted by Gasteiger charge is 2.16. The second kappa shape index (κ2) is 7.03. The van der Waals surface area contributed by atoms with Gasteiger partial charge < -0.3 is 10.2 Å². The number of para-hydroxylation sites is 1. The summed E-state index contributed by atoms with van der Waals surface area (Å²) in [6.45, 7) is 2.95. The maximum atomic E-state index is 8.78. The Morgan fingerprint density at radius 2 is 2.11 bits per heavy atom. The van der Waals surface area contributed by atoms with Crippen LogP contribution in [-0.2, 0) is 0 Å². The molecule has 0 aromatic heterocycles. The average molecular weight is 243 g/mol. The lowest BCUT2D eigenvalue weighted by atomic mass is 10.0. The van der Waals surface area contributed by atoms with E-state index in [4.69, 9.17) is 5.26 Å². The van der Waals surface area contributed by atoms with Crippen LogP contribution in [0.15, 0.2) is 30.3 Å². The molecule has 1 heterocycles. The number of piperidine rings is 1. The van der Waals surface area contributed by atoms with Crippen molar-refractivity contribution in [1.29, 1.82) is 5.26 Å². The van der Waals surface area contributed by atoms with E-state index in [0.717, 1.165) is 19.6 Å². The predicted molar refractivity (Wildman–Crippen MR) is 74.5 cm³/mol. The van der Waals surface area contributed by atoms with Gasteiger partial charge in [0.25, 0.3) is 0 Å². The smallest absolute Gasteiger partial charge is 0.0640 e. The summed E-state index contributed by atoms with van der Waals surface area (Å²) < 4.78 is 0. The SMILES string of the molecule is N#CCCN(CC1CCCCN1)c1ccccc1. The van der Waals surface area contributed by atoms with Gasteiger partial charge in [0.2, 0.25) is 0 Å². The van der Waals surface area contributed by atoms with E-state index in [1.807, 2.05) is 6.07 Å². The summed E-state index contributed by atoms with van der Waals surface area (Å²) in [6, 6.07) is 13.2. The molecular formula is C15H21N3. The fourth-order valence-corrected chi connectivity index (χ4v) is 2.50. The minimum Gasteiger partial charge on any atom is -0.369 e. The minimum absolute atomic E-state index is 0.567. The van der Waals surface area contributed by atoms with E-state index < -0.39 is 0 Å². The van der Waals surface area contributed by atoms with Crippen molar-refractivity contribution < 1.29 is 0 Å². The molecule has 0 spiro atoms. The Balaban J connectivity index is 1.98. The largest absolute Gasteiger partial charge is 0.369 e. The molecule has 1 atom stereocenters. The highest BCUT2D eigenvalue weighted by Crippen LogP contribution is 2.16. The molecule has 0 radical (unpaired) electrons. The number of nitrogens with zero attached hydrogens (tertiary/aromatic N) is 2. The Morgan fingerprint density at radius 3 is 2.78 bits per heavy atom. The molecule has 1 aliphatic heterocycles. The normalized spacial score (nSPS) is 19.2. The summed E-state index contributed by atoms with van der Waals surface area (Å²) >= 11 is 0. The highest BCUT2D eigenvalue weighted by molar-refractivity contribution is 5.46. The molecule has 1 aromatic rings. The molecule has 0 bridgehead atoms. The molecule has 1 aromatic carbocycles. The number of hydrogen-bond donors (Lipinski definition) is 1. The fraction of sp³-hybridized carbons (Fsp3) is 0.533. The highest BCUT2D eigenvalue weighted by atomic mass is 15.2. The monoisotopic (exact) mass is 243 g/mol. The van der Waals surface area contributed by atoms with Gasteiger partial charge >= 0.3 is 0 Å². The average Bonchev–Trinajstić information content (AvgIpc) is 2.45. The summed E-state index contributed by atoms with van der Waals surface area (Å²) in [4.78, 5) is 2.33. The molecule has 18 heavy (non-hydrogen) atoms. The fourth-order valence-electron chi connectivity index (χ4n) is 2.50. The maximum Gasteiger partial charge on any atom is 0.0640 e. The molecule has 96 valence electrons. The Labute approximate surface area is 109 Å². The first-order chi connectivity index (χ1) is 8.90. The molecule has 1 unspecified atom stereocenters. The van der Waals surface area contributed by atoms with E-state index >= 15 is 0 Å². The van der Waals surface area contributed by atoms with Gasteiger partial charge in [0.05, 0.1) is 12.5 Å². The summed E-state index contributed by atoms with van der Waals surface area (Å²) in [6.07, 6.45) is 4.44. The van der Waals surface area contributed by atoms with Crippen LogP contribution in [0.5, 0.6) is 0 Å². The van der Waals surface area contributed by atoms with Crippen molar-refractivity contribution in [3.05, 3.63) is 30.3 Å². The molecule has 2 rings (SSSR count). The number of benzene rings is 1. The third-order valence-corrected chi connectivity index (χ3v) is 3.47. The Morgan fingerprint density at radius 1 is 1.28 bits per heavy atom. The van der Waals surface area contributed by atoms with E-state index in [-0.39, 0.29) is 0 Å². The number of rotatable bonds is 5. The van der Waals surface area contributed by atoms with Crippen molar-refractivity contribution in [2.45, 2.75) is 31.7 Å². The van der Waals surface area contributed by atoms with Crippen LogP contribution in [0.25, 0.3) is 0 Å². The Bertz CT molecular complexity index is 376. The lowest BCUT2D eigenvalue weighted by molar-refractivity contribution is 0.399. The van der Waals surface area contributed by atoms with Crippen LogP contribution >= 0.6 is 0 Å². The molecule has 3 nitrogen and oxygen atoms in total. The third kappa shape index (κ3) is 3.75. The van der Waals surface area contributed by atoms with Crippen LogP contribution in [0.1, 0.15) is 25.7 Å². The van der Waals surface area contributed by atoms with Crippen molar-refractivity contribution in [3.8, 4) is 6.07 Å². The van der Waals surface area contributed by atoms with E-state index in [0.29, 0.717) is 12.5 Å². The maximum absolute atomic E-state index is 8.78. The lowest BCUT2D eigenvalue weighted by Crippen LogP contribution is -2.44. The van der Waals surface area contributed by atoms with E-state index in [2.05, 4.69) is 40.6 Å². The van der Waals surface area contributed by atoms with Crippen LogP contribution in [-0.4, -0.2) is 25.7 Å². The molecular weight excluding hydrogens is 222 g/mol. The number of nitriles is 1. The van der Waals surface area contributed by atoms with Crippen LogP contribution in [0, 0.1) is 11.3 Å². The molecule has 3 heteroatoms. The van der Waals surface area contributed by atoms with E-state index in [9.17, 15) is 0 Å². The van der Waals surface area contributed by atoms with Crippen molar-refractivity contribution in [1.82, 2.24) is 5.32 Å². The standard InChI is InChI=1S/C15H21N3/c16-10-6-12-18(15-8-2-1-3-9-15)13-14-7-4-5-11-17-14/h1-3,8-9,14,17H,4-7,11-13H2. The zero-order valence-electron chi connectivity index (χ0n) is 10.8. The van der Waals surface area contributed by atoms with Crippen molar-refractivity contribution in [3.63, 3.8) is 0 Å². The first-order valence-electron chi connectivity index (χ1n) is 6.80. The van der Waals surface area contributed by atoms with Gasteiger partial charge in [-0.3, -0.25) is 0 Å². The number of hydrogen-bond acceptors (Lipinski definition) is 3. The van der Waals surface area contributed by atoms with Gasteiger partial charge in [0, 0.05) is 24.8 Å². The van der Waals surface area contributed by atoms with Crippen molar-refractivity contribution >= 4 is 5.69 Å². The van der Waals surface area contributed by atoms with Gasteiger partial charge in [-0.2, -0.15) is 5.26 Å². The van der Waals surface area contributed by atoms with Crippen LogP contribution in [0.3, 0.4) is 0 Å². The first-order valence-corrected chi connectivity index (χ1v) is 6.80. The van der Waals surface area contributed by atoms with Gasteiger partial charge in [0.15, 0.2) is 0 Å². The van der Waals surface area contributed by atoms with E-state index in [1.54, 1.807) is 0 Å². The summed E-state index contributed by atoms with van der Waals surface area (Å²) in [7, 11) is 0. The van der Waals surface area contributed by atoms with Gasteiger partial charge in [-0.25, -0.2) is 0 Å². The molecule has 1 aliphatic rings. The van der Waals surface area contributed by atoms with Gasteiger partial charge in [0.1, 0.15) is 0 Å². The van der Waals surface area contributed by atoms with E-state index in [1.165, 1.54) is 24.9 Å². The van der Waals surface area contributed by atoms with Crippen molar-refractivity contribution in [2.75, 3.05) is 24.5 Å². The Hall–Kier alpha value is -1.53. The molecule has 0 amide bonds. The summed E-state index contributed by atoms with van der Waals surface area (Å²) in [5.41, 5.74) is 1.22. The zero-order chi connectivity index (χ0) is 12.6. The molecule has 1 fully saturated rings. The Kier molecular flexibility index (Phi) is 5.04. The van der Waals surface area contributed by atoms with Gasteiger partial charge in [-0.05, 0) is 31.5 Å². The number of nitrogens with one attached hydrogen (secondary N) is 1. The summed E-state index contributed by atoms with van der Waals surface area (Å²) in [5.74, 6) is 0. The van der Waals surface area contributed by atoms with Crippen molar-refractivity contribution in [2.24, 2.45) is 0 Å². The molecule has 1 saturated heterocycles. The lowest BCUT2D eigenvalue weighted by Gasteiger charge is -2.31. The predicted octanol–water partition coefficient (Wildman–Crippen LogP) is 2.55. The molecule has 0 aliphatic carbocycles. The van der Waals surface area contributed by atoms with Crippen LogP contribution in [0.2, 0.25) is 0 Å². The molecule has 0 saturated carbocycles. The molecule has 1 N–H and O–H groups in total. The second-order valence-corrected chi connectivity index (χ2v) is 4.84. The zero-order valence-corrected chi connectivity index (χ0v) is 10.8. The number of anilines is 1. The quantitative estimate of drug-likeness (QED) is 0.864. The van der Waals surface area contributed by atoms with Gasteiger partial charge in [-0.1, -0.05) is 24.6 Å². The topological polar surface area (TPSA) is 39.1 Å². The summed E-state index contributed by atoms with van der Waals surface area (Å²) in [5, 5.41) is 12.3. The van der Waals surface area contributed by atoms with Gasteiger partial charge in [-0.15, -0.1) is 0 Å². The van der Waals surface area contributed by atoms with Crippen LogP contribution in [0.4, 0.5) is 5.69 Å². The van der Waals surface area contributed by atoms with Crippen LogP contribution < -0.4 is 10.2 Å². The first kappa shape index (κ1) is 12.9. The minimum atomic E-state index is 0.567. The second-order valence-electron chi connectivity index (χ2n) is 4.84. The third-order valence-electron chi connectivity index (χ3n) is 3.47.